The van der Waals surface area contributed by atoms with Gasteiger partial charge in [0.15, 0.2) is 0 Å². The van der Waals surface area contributed by atoms with Gasteiger partial charge in [-0.1, -0.05) is 25.1 Å². The summed E-state index contributed by atoms with van der Waals surface area (Å²) >= 11 is 0. The van der Waals surface area contributed by atoms with Crippen molar-refractivity contribution in [1.82, 2.24) is 14.1 Å². The second-order valence-electron chi connectivity index (χ2n) is 5.45. The normalized spacial score (nSPS) is 12.0. The predicted molar refractivity (Wildman–Crippen MR) is 87.1 cm³/mol. The maximum Gasteiger partial charge on any atom is 0.243 e. The molecule has 1 heterocycles. The van der Waals surface area contributed by atoms with Crippen molar-refractivity contribution in [2.45, 2.75) is 45.2 Å². The Morgan fingerprint density at radius 3 is 2.41 bits per heavy atom. The Labute approximate surface area is 132 Å². The molecule has 0 atom stereocenters. The van der Waals surface area contributed by atoms with Gasteiger partial charge >= 0.3 is 0 Å². The van der Waals surface area contributed by atoms with Crippen LogP contribution >= 0.6 is 0 Å². The Morgan fingerprint density at radius 1 is 1.18 bits per heavy atom. The second-order valence-corrected chi connectivity index (χ2v) is 7.49. The highest BCUT2D eigenvalue weighted by molar-refractivity contribution is 7.89. The van der Waals surface area contributed by atoms with Gasteiger partial charge in [0.2, 0.25) is 10.0 Å². The Hall–Kier alpha value is -1.66. The maximum atomic E-state index is 12.6. The van der Waals surface area contributed by atoms with Crippen LogP contribution in [0.15, 0.2) is 35.2 Å². The van der Waals surface area contributed by atoms with Gasteiger partial charge in [0, 0.05) is 31.4 Å². The van der Waals surface area contributed by atoms with Crippen LogP contribution in [0, 0.1) is 13.8 Å². The molecule has 2 aromatic rings. The molecule has 5 nitrogen and oxygen atoms in total. The average molecular weight is 321 g/mol. The van der Waals surface area contributed by atoms with Crippen LogP contribution in [0.1, 0.15) is 30.3 Å². The molecule has 0 fully saturated rings. The lowest BCUT2D eigenvalue weighted by Gasteiger charge is -2.17. The van der Waals surface area contributed by atoms with Crippen LogP contribution < -0.4 is 0 Å². The Kier molecular flexibility index (Phi) is 5.03. The van der Waals surface area contributed by atoms with Crippen LogP contribution in [0.2, 0.25) is 0 Å². The summed E-state index contributed by atoms with van der Waals surface area (Å²) in [6.45, 7) is 7.20. The first-order valence-electron chi connectivity index (χ1n) is 7.42. The first-order valence-corrected chi connectivity index (χ1v) is 8.86. The van der Waals surface area contributed by atoms with E-state index in [-0.39, 0.29) is 0 Å². The number of hydrogen-bond acceptors (Lipinski definition) is 3. The van der Waals surface area contributed by atoms with Crippen molar-refractivity contribution in [1.29, 1.82) is 0 Å². The summed E-state index contributed by atoms with van der Waals surface area (Å²) in [5.74, 6) is 0. The number of sulfonamides is 1. The van der Waals surface area contributed by atoms with E-state index in [1.165, 1.54) is 4.31 Å². The van der Waals surface area contributed by atoms with Crippen LogP contribution in [-0.4, -0.2) is 29.6 Å². The minimum absolute atomic E-state index is 0.314. The highest BCUT2D eigenvalue weighted by Gasteiger charge is 2.23. The molecule has 22 heavy (non-hydrogen) atoms. The van der Waals surface area contributed by atoms with E-state index in [2.05, 4.69) is 12.0 Å². The summed E-state index contributed by atoms with van der Waals surface area (Å²) in [6.07, 6.45) is 1.000. The quantitative estimate of drug-likeness (QED) is 0.822. The largest absolute Gasteiger partial charge is 0.269 e. The lowest BCUT2D eigenvalue weighted by atomic mass is 10.2. The van der Waals surface area contributed by atoms with E-state index < -0.39 is 10.0 Å². The average Bonchev–Trinajstić information content (AvgIpc) is 2.76. The van der Waals surface area contributed by atoms with Crippen molar-refractivity contribution in [3.63, 3.8) is 0 Å². The van der Waals surface area contributed by atoms with Gasteiger partial charge in [-0.3, -0.25) is 4.68 Å². The lowest BCUT2D eigenvalue weighted by Crippen LogP contribution is -2.27. The molecule has 6 heteroatoms. The van der Waals surface area contributed by atoms with Crippen LogP contribution in [0.5, 0.6) is 0 Å². The third kappa shape index (κ3) is 3.23. The summed E-state index contributed by atoms with van der Waals surface area (Å²) < 4.78 is 28.5. The molecule has 0 saturated heterocycles. The van der Waals surface area contributed by atoms with E-state index >= 15 is 0 Å². The van der Waals surface area contributed by atoms with E-state index in [1.54, 1.807) is 31.3 Å². The van der Waals surface area contributed by atoms with Gasteiger partial charge in [-0.2, -0.15) is 9.40 Å². The molecule has 1 aromatic carbocycles. The van der Waals surface area contributed by atoms with E-state index in [4.69, 9.17) is 0 Å². The molecule has 0 bridgehead atoms. The first kappa shape index (κ1) is 16.7. The topological polar surface area (TPSA) is 55.2 Å². The van der Waals surface area contributed by atoms with Crippen molar-refractivity contribution in [3.8, 4) is 0 Å². The number of hydrogen-bond donors (Lipinski definition) is 0. The first-order chi connectivity index (χ1) is 10.4. The third-order valence-corrected chi connectivity index (χ3v) is 5.62. The van der Waals surface area contributed by atoms with E-state index in [0.29, 0.717) is 11.4 Å². The fourth-order valence-corrected chi connectivity index (χ4v) is 3.63. The SMILES string of the molecule is CCCn1nc(C)c(CN(C)S(=O)(=O)c2ccccc2)c1C. The number of aryl methyl sites for hydroxylation is 2. The molecule has 0 N–H and O–H groups in total. The van der Waals surface area contributed by atoms with E-state index in [1.807, 2.05) is 24.6 Å². The van der Waals surface area contributed by atoms with Crippen LogP contribution in [0.4, 0.5) is 0 Å². The molecule has 0 unspecified atom stereocenters. The molecule has 0 aliphatic heterocycles. The molecule has 0 amide bonds. The summed E-state index contributed by atoms with van der Waals surface area (Å²) in [4.78, 5) is 0.314. The zero-order valence-corrected chi connectivity index (χ0v) is 14.4. The smallest absolute Gasteiger partial charge is 0.243 e. The van der Waals surface area contributed by atoms with Gasteiger partial charge in [0.1, 0.15) is 0 Å². The minimum Gasteiger partial charge on any atom is -0.269 e. The summed E-state index contributed by atoms with van der Waals surface area (Å²) in [5.41, 5.74) is 2.91. The molecule has 2 rings (SSSR count). The summed E-state index contributed by atoms with van der Waals surface area (Å²) in [5, 5.41) is 4.50. The van der Waals surface area contributed by atoms with Crippen molar-refractivity contribution in [3.05, 3.63) is 47.3 Å². The monoisotopic (exact) mass is 321 g/mol. The number of rotatable bonds is 6. The Balaban J connectivity index is 2.28. The van der Waals surface area contributed by atoms with Gasteiger partial charge in [-0.25, -0.2) is 8.42 Å². The molecule has 0 radical (unpaired) electrons. The summed E-state index contributed by atoms with van der Waals surface area (Å²) in [6, 6.07) is 8.51. The Bertz CT molecular complexity index is 736. The van der Waals surface area contributed by atoms with Crippen molar-refractivity contribution in [2.24, 2.45) is 0 Å². The molecular weight excluding hydrogens is 298 g/mol. The van der Waals surface area contributed by atoms with Gasteiger partial charge in [0.05, 0.1) is 10.6 Å². The molecule has 1 aromatic heterocycles. The molecule has 120 valence electrons. The number of benzene rings is 1. The minimum atomic E-state index is -3.48. The number of aromatic nitrogens is 2. The molecule has 0 aliphatic carbocycles. The zero-order valence-electron chi connectivity index (χ0n) is 13.6. The van der Waals surface area contributed by atoms with Gasteiger partial charge in [-0.15, -0.1) is 0 Å². The Morgan fingerprint density at radius 2 is 1.82 bits per heavy atom. The molecule has 0 spiro atoms. The predicted octanol–water partition coefficient (Wildman–Crippen LogP) is 2.73. The molecular formula is C16H23N3O2S. The standard InChI is InChI=1S/C16H23N3O2S/c1-5-11-19-14(3)16(13(2)17-19)12-18(4)22(20,21)15-9-7-6-8-10-15/h6-10H,5,11-12H2,1-4H3. The second kappa shape index (κ2) is 6.62. The van der Waals surface area contributed by atoms with Gasteiger partial charge in [0.25, 0.3) is 0 Å². The van der Waals surface area contributed by atoms with E-state index in [9.17, 15) is 8.42 Å². The summed E-state index contributed by atoms with van der Waals surface area (Å²) in [7, 11) is -1.87. The molecule has 0 saturated carbocycles. The zero-order chi connectivity index (χ0) is 16.3. The van der Waals surface area contributed by atoms with Gasteiger partial charge < -0.3 is 0 Å². The highest BCUT2D eigenvalue weighted by Crippen LogP contribution is 2.20. The van der Waals surface area contributed by atoms with Crippen LogP contribution in [-0.2, 0) is 23.1 Å². The maximum absolute atomic E-state index is 12.6. The molecule has 0 aliphatic rings. The fourth-order valence-electron chi connectivity index (χ4n) is 2.47. The van der Waals surface area contributed by atoms with Gasteiger partial charge in [-0.05, 0) is 32.4 Å². The van der Waals surface area contributed by atoms with Crippen LogP contribution in [0.25, 0.3) is 0 Å². The number of nitrogens with zero attached hydrogens (tertiary/aromatic N) is 3. The van der Waals surface area contributed by atoms with E-state index in [0.717, 1.165) is 29.9 Å². The lowest BCUT2D eigenvalue weighted by molar-refractivity contribution is 0.464. The third-order valence-electron chi connectivity index (χ3n) is 3.80. The van der Waals surface area contributed by atoms with Crippen LogP contribution in [0.3, 0.4) is 0 Å². The van der Waals surface area contributed by atoms with Crippen molar-refractivity contribution in [2.75, 3.05) is 7.05 Å². The van der Waals surface area contributed by atoms with Crippen molar-refractivity contribution < 1.29 is 8.42 Å². The highest BCUT2D eigenvalue weighted by atomic mass is 32.2. The van der Waals surface area contributed by atoms with Crippen molar-refractivity contribution >= 4 is 10.0 Å². The fraction of sp³-hybridized carbons (Fsp3) is 0.438.